The molecule has 0 atom stereocenters. The van der Waals surface area contributed by atoms with Gasteiger partial charge in [0, 0.05) is 53.0 Å². The zero-order valence-electron chi connectivity index (χ0n) is 22.5. The number of amides is 2. The average molecular weight is 550 g/mol. The number of anilines is 4. The van der Waals surface area contributed by atoms with Gasteiger partial charge in [-0.15, -0.1) is 0 Å². The van der Waals surface area contributed by atoms with Gasteiger partial charge >= 0.3 is 0 Å². The Morgan fingerprint density at radius 2 is 1.68 bits per heavy atom. The van der Waals surface area contributed by atoms with Crippen molar-refractivity contribution < 1.29 is 14.0 Å². The van der Waals surface area contributed by atoms with E-state index in [-0.39, 0.29) is 17.6 Å². The number of rotatable bonds is 9. The lowest BCUT2D eigenvalue weighted by Gasteiger charge is -2.11. The van der Waals surface area contributed by atoms with E-state index in [1.165, 1.54) is 12.1 Å². The van der Waals surface area contributed by atoms with Crippen LogP contribution in [0, 0.1) is 5.82 Å². The number of hydrogen-bond acceptors (Lipinski definition) is 6. The first kappa shape index (κ1) is 27.2. The smallest absolute Gasteiger partial charge is 0.255 e. The summed E-state index contributed by atoms with van der Waals surface area (Å²) in [5.74, 6) is -0.126. The molecule has 0 aliphatic rings. The van der Waals surface area contributed by atoms with E-state index in [4.69, 9.17) is 0 Å². The minimum Gasteiger partial charge on any atom is -0.324 e. The highest BCUT2D eigenvalue weighted by atomic mass is 19.1. The number of fused-ring (bicyclic) bond motifs is 1. The topological polar surface area (TPSA) is 104 Å². The Morgan fingerprint density at radius 1 is 0.927 bits per heavy atom. The number of likely N-dealkylation sites (N-methyl/N-ethyl adjacent to an activating group) is 1. The molecule has 0 spiro atoms. The van der Waals surface area contributed by atoms with Crippen LogP contribution >= 0.6 is 0 Å². The molecule has 0 bridgehead atoms. The molecule has 3 aromatic carbocycles. The van der Waals surface area contributed by atoms with Crippen molar-refractivity contribution in [3.63, 3.8) is 0 Å². The summed E-state index contributed by atoms with van der Waals surface area (Å²) in [5, 5.41) is 9.55. The Labute approximate surface area is 236 Å². The summed E-state index contributed by atoms with van der Waals surface area (Å²) >= 11 is 0. The van der Waals surface area contributed by atoms with Crippen LogP contribution in [-0.2, 0) is 4.79 Å². The van der Waals surface area contributed by atoms with Crippen LogP contribution in [-0.4, -0.2) is 51.9 Å². The molecule has 9 nitrogen and oxygen atoms in total. The maximum atomic E-state index is 14.5. The van der Waals surface area contributed by atoms with E-state index in [2.05, 4.69) is 25.9 Å². The van der Waals surface area contributed by atoms with Gasteiger partial charge in [0.05, 0.1) is 5.52 Å². The van der Waals surface area contributed by atoms with Crippen molar-refractivity contribution in [3.05, 3.63) is 115 Å². The second-order valence-electron chi connectivity index (χ2n) is 9.50. The number of nitrogens with one attached hydrogen (secondary N) is 3. The summed E-state index contributed by atoms with van der Waals surface area (Å²) in [6, 6.07) is 22.3. The molecule has 0 saturated heterocycles. The molecule has 41 heavy (non-hydrogen) atoms. The normalized spacial score (nSPS) is 11.2. The molecule has 5 rings (SSSR count). The van der Waals surface area contributed by atoms with Crippen LogP contribution in [0.1, 0.15) is 10.4 Å². The third-order valence-electron chi connectivity index (χ3n) is 6.06. The second-order valence-corrected chi connectivity index (χ2v) is 9.50. The minimum absolute atomic E-state index is 0.274. The lowest BCUT2D eigenvalue weighted by molar-refractivity contribution is -0.111. The van der Waals surface area contributed by atoms with Gasteiger partial charge in [0.1, 0.15) is 11.6 Å². The number of aromatic nitrogens is 3. The van der Waals surface area contributed by atoms with Crippen LogP contribution in [0.4, 0.5) is 27.4 Å². The molecule has 2 heterocycles. The van der Waals surface area contributed by atoms with Crippen molar-refractivity contribution >= 4 is 45.7 Å². The van der Waals surface area contributed by atoms with Gasteiger partial charge in [0.25, 0.3) is 5.91 Å². The van der Waals surface area contributed by atoms with Gasteiger partial charge in [-0.1, -0.05) is 30.3 Å². The summed E-state index contributed by atoms with van der Waals surface area (Å²) in [6.07, 6.45) is 6.57. The fourth-order valence-electron chi connectivity index (χ4n) is 4.18. The Balaban J connectivity index is 1.26. The quantitative estimate of drug-likeness (QED) is 0.207. The van der Waals surface area contributed by atoms with Crippen LogP contribution in [0.15, 0.2) is 103 Å². The zero-order valence-corrected chi connectivity index (χ0v) is 22.5. The van der Waals surface area contributed by atoms with Crippen molar-refractivity contribution in [3.8, 4) is 5.82 Å². The van der Waals surface area contributed by atoms with Crippen LogP contribution in [0.3, 0.4) is 0 Å². The molecule has 206 valence electrons. The largest absolute Gasteiger partial charge is 0.324 e. The maximum Gasteiger partial charge on any atom is 0.255 e. The molecule has 2 aromatic heterocycles. The summed E-state index contributed by atoms with van der Waals surface area (Å²) in [6.45, 7) is 0.644. The van der Waals surface area contributed by atoms with E-state index in [0.29, 0.717) is 46.5 Å². The molecule has 5 aromatic rings. The average Bonchev–Trinajstić information content (AvgIpc) is 3.39. The predicted molar refractivity (Wildman–Crippen MR) is 159 cm³/mol. The lowest BCUT2D eigenvalue weighted by Crippen LogP contribution is -2.14. The molecule has 0 unspecified atom stereocenters. The number of nitrogens with zero attached hydrogens (tertiary/aromatic N) is 4. The predicted octanol–water partition coefficient (Wildman–Crippen LogP) is 5.61. The van der Waals surface area contributed by atoms with Crippen LogP contribution in [0.25, 0.3) is 16.7 Å². The Bertz CT molecular complexity index is 1750. The van der Waals surface area contributed by atoms with Gasteiger partial charge in [-0.3, -0.25) is 14.2 Å². The van der Waals surface area contributed by atoms with Gasteiger partial charge < -0.3 is 20.9 Å². The molecule has 10 heteroatoms. The molecular formula is C31H28FN7O2. The fraction of sp³-hybridized carbons (Fsp3) is 0.0968. The lowest BCUT2D eigenvalue weighted by atomic mass is 10.1. The molecule has 0 aliphatic heterocycles. The van der Waals surface area contributed by atoms with Gasteiger partial charge in [-0.2, -0.15) is 4.98 Å². The van der Waals surface area contributed by atoms with Crippen molar-refractivity contribution in [2.75, 3.05) is 36.6 Å². The van der Waals surface area contributed by atoms with Gasteiger partial charge in [0.2, 0.25) is 11.9 Å². The monoisotopic (exact) mass is 549 g/mol. The summed E-state index contributed by atoms with van der Waals surface area (Å²) < 4.78 is 16.2. The van der Waals surface area contributed by atoms with Crippen molar-refractivity contribution in [2.24, 2.45) is 0 Å². The standard InChI is InChI=1S/C31H28FN7O2/c1-38(2)17-6-13-28(40)34-23-9-3-8-22(19-23)30(41)35-24-10-5-11-25(20-24)36-31-33-16-14-27(37-31)39-18-15-21-7-4-12-26(32)29(21)39/h3-16,18-20H,17H2,1-2H3,(H,34,40)(H,35,41)(H,33,36,37). The molecule has 0 aliphatic carbocycles. The van der Waals surface area contributed by atoms with E-state index in [1.54, 1.807) is 77.6 Å². The molecule has 2 amide bonds. The van der Waals surface area contributed by atoms with Crippen molar-refractivity contribution in [1.82, 2.24) is 19.4 Å². The molecule has 0 fully saturated rings. The van der Waals surface area contributed by atoms with Crippen LogP contribution < -0.4 is 16.0 Å². The number of carbonyl (C=O) groups is 2. The third kappa shape index (κ3) is 6.81. The number of benzene rings is 3. The highest BCUT2D eigenvalue weighted by molar-refractivity contribution is 6.06. The Morgan fingerprint density at radius 3 is 2.51 bits per heavy atom. The van der Waals surface area contributed by atoms with E-state index < -0.39 is 0 Å². The number of hydrogen-bond donors (Lipinski definition) is 3. The third-order valence-corrected chi connectivity index (χ3v) is 6.06. The summed E-state index contributed by atoms with van der Waals surface area (Å²) in [5.41, 5.74) is 2.54. The number of carbonyl (C=O) groups excluding carboxylic acids is 2. The van der Waals surface area contributed by atoms with E-state index in [1.807, 2.05) is 37.2 Å². The number of halogens is 1. The fourth-order valence-corrected chi connectivity index (χ4v) is 4.18. The number of para-hydroxylation sites is 1. The Kier molecular flexibility index (Phi) is 8.12. The van der Waals surface area contributed by atoms with Crippen molar-refractivity contribution in [2.45, 2.75) is 0 Å². The van der Waals surface area contributed by atoms with Gasteiger partial charge in [-0.05, 0) is 68.7 Å². The second kappa shape index (κ2) is 12.2. The molecule has 3 N–H and O–H groups in total. The summed E-state index contributed by atoms with van der Waals surface area (Å²) in [7, 11) is 3.83. The first-order chi connectivity index (χ1) is 19.9. The molecule has 0 radical (unpaired) electrons. The van der Waals surface area contributed by atoms with E-state index in [0.717, 1.165) is 5.39 Å². The minimum atomic E-state index is -0.339. The SMILES string of the molecule is CN(C)CC=CC(=O)Nc1cccc(C(=O)Nc2cccc(Nc3nccc(-n4ccc5cccc(F)c54)n3)c2)c1. The van der Waals surface area contributed by atoms with Gasteiger partial charge in [-0.25, -0.2) is 9.37 Å². The zero-order chi connectivity index (χ0) is 28.8. The highest BCUT2D eigenvalue weighted by Crippen LogP contribution is 2.24. The first-order valence-electron chi connectivity index (χ1n) is 12.9. The molecule has 0 saturated carbocycles. The van der Waals surface area contributed by atoms with Gasteiger partial charge in [0.15, 0.2) is 0 Å². The van der Waals surface area contributed by atoms with Crippen molar-refractivity contribution in [1.29, 1.82) is 0 Å². The maximum absolute atomic E-state index is 14.5. The van der Waals surface area contributed by atoms with Crippen LogP contribution in [0.2, 0.25) is 0 Å². The molecular weight excluding hydrogens is 521 g/mol. The highest BCUT2D eigenvalue weighted by Gasteiger charge is 2.11. The van der Waals surface area contributed by atoms with E-state index in [9.17, 15) is 14.0 Å². The summed E-state index contributed by atoms with van der Waals surface area (Å²) in [4.78, 5) is 35.9. The van der Waals surface area contributed by atoms with E-state index >= 15 is 0 Å². The van der Waals surface area contributed by atoms with Crippen LogP contribution in [0.5, 0.6) is 0 Å². The Hall–Kier alpha value is -5.35. The first-order valence-corrected chi connectivity index (χ1v) is 12.9.